The quantitative estimate of drug-likeness (QED) is 0.745. The van der Waals surface area contributed by atoms with Gasteiger partial charge in [-0.2, -0.15) is 0 Å². The third kappa shape index (κ3) is 3.70. The van der Waals surface area contributed by atoms with Crippen molar-refractivity contribution in [2.75, 3.05) is 31.6 Å². The molecule has 3 aromatic rings. The highest BCUT2D eigenvalue weighted by atomic mass is 32.1. The minimum Gasteiger partial charge on any atom is -0.379 e. The van der Waals surface area contributed by atoms with Crippen LogP contribution in [0.25, 0.3) is 10.2 Å². The van der Waals surface area contributed by atoms with Crippen LogP contribution in [0.1, 0.15) is 21.8 Å². The highest BCUT2D eigenvalue weighted by Crippen LogP contribution is 2.33. The largest absolute Gasteiger partial charge is 0.379 e. The second-order valence-electron chi connectivity index (χ2n) is 6.56. The van der Waals surface area contributed by atoms with Gasteiger partial charge in [-0.1, -0.05) is 6.07 Å². The Kier molecular flexibility index (Phi) is 5.10. The van der Waals surface area contributed by atoms with Gasteiger partial charge in [0.25, 0.3) is 0 Å². The number of hydrogen-bond acceptors (Lipinski definition) is 7. The molecular formula is C19H23N5OS. The topological polar surface area (TPSA) is 63.2 Å². The van der Waals surface area contributed by atoms with E-state index in [-0.39, 0.29) is 0 Å². The van der Waals surface area contributed by atoms with Crippen LogP contribution in [0.2, 0.25) is 0 Å². The first kappa shape index (κ1) is 17.3. The number of anilines is 1. The smallest absolute Gasteiger partial charge is 0.146 e. The molecule has 4 rings (SSSR count). The lowest BCUT2D eigenvalue weighted by Crippen LogP contribution is -2.36. The molecule has 4 heterocycles. The van der Waals surface area contributed by atoms with Gasteiger partial charge in [-0.25, -0.2) is 9.97 Å². The average molecular weight is 369 g/mol. The van der Waals surface area contributed by atoms with Gasteiger partial charge in [0.1, 0.15) is 16.5 Å². The monoisotopic (exact) mass is 369 g/mol. The summed E-state index contributed by atoms with van der Waals surface area (Å²) in [6.45, 7) is 9.19. The molecule has 3 aromatic heterocycles. The third-order valence-electron chi connectivity index (χ3n) is 4.73. The lowest BCUT2D eigenvalue weighted by Gasteiger charge is -2.25. The molecule has 6 nitrogen and oxygen atoms in total. The molecule has 0 atom stereocenters. The van der Waals surface area contributed by atoms with Crippen LogP contribution in [0, 0.1) is 13.8 Å². The molecule has 136 valence electrons. The molecule has 0 spiro atoms. The molecule has 0 bridgehead atoms. The second kappa shape index (κ2) is 7.65. The Morgan fingerprint density at radius 1 is 1.23 bits per heavy atom. The maximum atomic E-state index is 5.44. The predicted octanol–water partition coefficient (Wildman–Crippen LogP) is 3.15. The molecule has 1 fully saturated rings. The summed E-state index contributed by atoms with van der Waals surface area (Å²) in [7, 11) is 0. The number of aryl methyl sites for hydroxylation is 2. The Bertz CT molecular complexity index is 890. The first-order chi connectivity index (χ1) is 12.7. The van der Waals surface area contributed by atoms with Gasteiger partial charge >= 0.3 is 0 Å². The van der Waals surface area contributed by atoms with E-state index < -0.39 is 0 Å². The summed E-state index contributed by atoms with van der Waals surface area (Å²) >= 11 is 1.74. The summed E-state index contributed by atoms with van der Waals surface area (Å²) in [5.41, 5.74) is 2.40. The molecule has 1 saturated heterocycles. The van der Waals surface area contributed by atoms with Gasteiger partial charge in [-0.05, 0) is 31.0 Å². The molecule has 1 N–H and O–H groups in total. The zero-order valence-electron chi connectivity index (χ0n) is 15.2. The summed E-state index contributed by atoms with van der Waals surface area (Å²) in [5, 5.41) is 4.65. The van der Waals surface area contributed by atoms with Gasteiger partial charge in [0, 0.05) is 36.9 Å². The maximum absolute atomic E-state index is 5.44. The maximum Gasteiger partial charge on any atom is 0.146 e. The van der Waals surface area contributed by atoms with Crippen molar-refractivity contribution in [1.82, 2.24) is 19.9 Å². The highest BCUT2D eigenvalue weighted by Gasteiger charge is 2.17. The number of aromatic nitrogens is 3. The molecule has 0 aromatic carbocycles. The third-order valence-corrected chi connectivity index (χ3v) is 5.83. The molecule has 1 aliphatic rings. The number of thiophene rings is 1. The van der Waals surface area contributed by atoms with Crippen LogP contribution in [-0.2, 0) is 17.8 Å². The number of morpholine rings is 1. The van der Waals surface area contributed by atoms with Gasteiger partial charge in [0.2, 0.25) is 0 Å². The molecule has 0 saturated carbocycles. The summed E-state index contributed by atoms with van der Waals surface area (Å²) in [6.07, 6.45) is 3.67. The number of ether oxygens (including phenoxy) is 1. The van der Waals surface area contributed by atoms with E-state index in [1.807, 2.05) is 12.3 Å². The van der Waals surface area contributed by atoms with Gasteiger partial charge in [0.05, 0.1) is 25.1 Å². The number of hydrogen-bond donors (Lipinski definition) is 1. The van der Waals surface area contributed by atoms with Gasteiger partial charge in [-0.15, -0.1) is 11.3 Å². The minimum atomic E-state index is 0.700. The van der Waals surface area contributed by atoms with E-state index in [9.17, 15) is 0 Å². The number of nitrogens with one attached hydrogen (secondary N) is 1. The van der Waals surface area contributed by atoms with Crippen molar-refractivity contribution in [2.24, 2.45) is 0 Å². The second-order valence-corrected chi connectivity index (χ2v) is 7.76. The fourth-order valence-electron chi connectivity index (χ4n) is 3.14. The standard InChI is InChI=1S/C19H23N5OS/c1-13-14(2)26-19-17(13)18(21-11-15-4-3-5-20-10-15)22-16(23-19)12-24-6-8-25-9-7-24/h3-5,10H,6-9,11-12H2,1-2H3,(H,21,22,23). The SMILES string of the molecule is Cc1sc2nc(CN3CCOCC3)nc(NCc3cccnc3)c2c1C. The number of pyridine rings is 1. The number of rotatable bonds is 5. The first-order valence-electron chi connectivity index (χ1n) is 8.90. The lowest BCUT2D eigenvalue weighted by molar-refractivity contribution is 0.0331. The summed E-state index contributed by atoms with van der Waals surface area (Å²) in [4.78, 5) is 18.6. The number of fused-ring (bicyclic) bond motifs is 1. The predicted molar refractivity (Wildman–Crippen MR) is 105 cm³/mol. The van der Waals surface area contributed by atoms with E-state index in [0.29, 0.717) is 6.54 Å². The zero-order chi connectivity index (χ0) is 17.9. The van der Waals surface area contributed by atoms with E-state index in [0.717, 1.165) is 60.3 Å². The van der Waals surface area contributed by atoms with Gasteiger partial charge in [0.15, 0.2) is 0 Å². The molecule has 1 aliphatic heterocycles. The van der Waals surface area contributed by atoms with Gasteiger partial charge in [-0.3, -0.25) is 9.88 Å². The fourth-order valence-corrected chi connectivity index (χ4v) is 4.19. The molecule has 0 aliphatic carbocycles. The van der Waals surface area contributed by atoms with Gasteiger partial charge < -0.3 is 10.1 Å². The molecule has 0 radical (unpaired) electrons. The molecule has 7 heteroatoms. The molecule has 0 unspecified atom stereocenters. The van der Waals surface area contributed by atoms with Crippen molar-refractivity contribution in [3.8, 4) is 0 Å². The molecule has 0 amide bonds. The Balaban J connectivity index is 1.64. The average Bonchev–Trinajstić information content (AvgIpc) is 2.95. The van der Waals surface area contributed by atoms with E-state index in [1.165, 1.54) is 10.4 Å². The van der Waals surface area contributed by atoms with E-state index in [2.05, 4.69) is 35.1 Å². The lowest BCUT2D eigenvalue weighted by atomic mass is 10.2. The first-order valence-corrected chi connectivity index (χ1v) is 9.72. The van der Waals surface area contributed by atoms with Crippen molar-refractivity contribution >= 4 is 27.4 Å². The van der Waals surface area contributed by atoms with Crippen LogP contribution >= 0.6 is 11.3 Å². The van der Waals surface area contributed by atoms with Crippen molar-refractivity contribution < 1.29 is 4.74 Å². The van der Waals surface area contributed by atoms with Crippen LogP contribution in [0.3, 0.4) is 0 Å². The Labute approximate surface area is 157 Å². The summed E-state index contributed by atoms with van der Waals surface area (Å²) < 4.78 is 5.44. The number of nitrogens with zero attached hydrogens (tertiary/aromatic N) is 4. The van der Waals surface area contributed by atoms with Crippen molar-refractivity contribution in [3.05, 3.63) is 46.4 Å². The van der Waals surface area contributed by atoms with E-state index >= 15 is 0 Å². The highest BCUT2D eigenvalue weighted by molar-refractivity contribution is 7.18. The minimum absolute atomic E-state index is 0.700. The Morgan fingerprint density at radius 3 is 2.85 bits per heavy atom. The fraction of sp³-hybridized carbons (Fsp3) is 0.421. The zero-order valence-corrected chi connectivity index (χ0v) is 16.0. The van der Waals surface area contributed by atoms with Crippen LogP contribution in [-0.4, -0.2) is 46.2 Å². The summed E-state index contributed by atoms with van der Waals surface area (Å²) in [5.74, 6) is 1.79. The normalized spacial score (nSPS) is 15.5. The van der Waals surface area contributed by atoms with E-state index in [1.54, 1.807) is 17.5 Å². The Hall–Kier alpha value is -2.09. The van der Waals surface area contributed by atoms with Crippen molar-refractivity contribution in [3.63, 3.8) is 0 Å². The molecular weight excluding hydrogens is 346 g/mol. The van der Waals surface area contributed by atoms with Crippen LogP contribution in [0.4, 0.5) is 5.82 Å². The van der Waals surface area contributed by atoms with E-state index in [4.69, 9.17) is 14.7 Å². The van der Waals surface area contributed by atoms with Crippen molar-refractivity contribution in [1.29, 1.82) is 0 Å². The summed E-state index contributed by atoms with van der Waals surface area (Å²) in [6, 6.07) is 4.02. The van der Waals surface area contributed by atoms with Crippen LogP contribution in [0.15, 0.2) is 24.5 Å². The van der Waals surface area contributed by atoms with Crippen LogP contribution < -0.4 is 5.32 Å². The Morgan fingerprint density at radius 2 is 2.08 bits per heavy atom. The van der Waals surface area contributed by atoms with Crippen LogP contribution in [0.5, 0.6) is 0 Å². The van der Waals surface area contributed by atoms with Crippen molar-refractivity contribution in [2.45, 2.75) is 26.9 Å². The molecule has 26 heavy (non-hydrogen) atoms.